The lowest BCUT2D eigenvalue weighted by atomic mass is 10.00. The second-order valence-corrected chi connectivity index (χ2v) is 7.27. The molecule has 1 aliphatic heterocycles. The summed E-state index contributed by atoms with van der Waals surface area (Å²) in [4.78, 5) is 26.2. The van der Waals surface area contributed by atoms with E-state index in [0.29, 0.717) is 6.54 Å². The minimum atomic E-state index is -0.367. The topological polar surface area (TPSA) is 67.9 Å². The lowest BCUT2D eigenvalue weighted by molar-refractivity contribution is 0.0587. The highest BCUT2D eigenvalue weighted by Crippen LogP contribution is 2.22. The van der Waals surface area contributed by atoms with E-state index in [9.17, 15) is 9.59 Å². The molecule has 2 unspecified atom stereocenters. The molecule has 6 heteroatoms. The number of rotatable bonds is 4. The molecule has 26 heavy (non-hydrogen) atoms. The summed E-state index contributed by atoms with van der Waals surface area (Å²) in [6.07, 6.45) is 5.16. The van der Waals surface area contributed by atoms with Gasteiger partial charge >= 0.3 is 12.2 Å². The Morgan fingerprint density at radius 2 is 1.85 bits per heavy atom. The van der Waals surface area contributed by atoms with E-state index >= 15 is 0 Å². The molecule has 2 amide bonds. The van der Waals surface area contributed by atoms with Crippen LogP contribution in [0.5, 0.6) is 0 Å². The van der Waals surface area contributed by atoms with Gasteiger partial charge in [0.25, 0.3) is 0 Å². The molecule has 1 saturated carbocycles. The number of amides is 2. The van der Waals surface area contributed by atoms with E-state index in [0.717, 1.165) is 44.1 Å². The molecule has 0 bridgehead atoms. The van der Waals surface area contributed by atoms with Crippen molar-refractivity contribution in [2.75, 3.05) is 6.54 Å². The van der Waals surface area contributed by atoms with Crippen LogP contribution >= 0.6 is 0 Å². The summed E-state index contributed by atoms with van der Waals surface area (Å²) in [5.41, 5.74) is 0.959. The zero-order valence-corrected chi connectivity index (χ0v) is 15.4. The Morgan fingerprint density at radius 1 is 1.12 bits per heavy atom. The van der Waals surface area contributed by atoms with Gasteiger partial charge in [0, 0.05) is 18.6 Å². The molecule has 0 spiro atoms. The maximum Gasteiger partial charge on any atom is 0.410 e. The standard InChI is InChI=1S/C20H28N2O4/c1-15-11-12-17(21-19(23)26-18-9-5-6-10-18)13-22(15)20(24)25-14-16-7-3-2-4-8-16/h2-4,7-8,15,17-18H,5-6,9-14H2,1H3,(H,21,23). The zero-order valence-electron chi connectivity index (χ0n) is 15.4. The van der Waals surface area contributed by atoms with Crippen molar-refractivity contribution in [3.63, 3.8) is 0 Å². The smallest absolute Gasteiger partial charge is 0.410 e. The van der Waals surface area contributed by atoms with E-state index in [4.69, 9.17) is 9.47 Å². The van der Waals surface area contributed by atoms with Crippen LogP contribution in [0.3, 0.4) is 0 Å². The predicted molar refractivity (Wildman–Crippen MR) is 97.7 cm³/mol. The molecule has 142 valence electrons. The van der Waals surface area contributed by atoms with Crippen LogP contribution in [-0.2, 0) is 16.1 Å². The van der Waals surface area contributed by atoms with Gasteiger partial charge in [0.1, 0.15) is 12.7 Å². The number of hydrogen-bond donors (Lipinski definition) is 1. The fourth-order valence-corrected chi connectivity index (χ4v) is 3.64. The van der Waals surface area contributed by atoms with Crippen LogP contribution in [-0.4, -0.2) is 41.8 Å². The molecule has 1 N–H and O–H groups in total. The number of carbonyl (C=O) groups excluding carboxylic acids is 2. The third-order valence-corrected chi connectivity index (χ3v) is 5.22. The lowest BCUT2D eigenvalue weighted by Crippen LogP contribution is -2.53. The summed E-state index contributed by atoms with van der Waals surface area (Å²) >= 11 is 0. The molecule has 1 saturated heterocycles. The molecule has 3 rings (SSSR count). The fourth-order valence-electron chi connectivity index (χ4n) is 3.64. The number of piperidine rings is 1. The van der Waals surface area contributed by atoms with E-state index < -0.39 is 0 Å². The minimum absolute atomic E-state index is 0.0458. The highest BCUT2D eigenvalue weighted by atomic mass is 16.6. The predicted octanol–water partition coefficient (Wildman–Crippen LogP) is 3.84. The summed E-state index contributed by atoms with van der Waals surface area (Å²) < 4.78 is 10.9. The summed E-state index contributed by atoms with van der Waals surface area (Å²) in [5, 5.41) is 2.91. The largest absolute Gasteiger partial charge is 0.446 e. The van der Waals surface area contributed by atoms with Gasteiger partial charge in [0.05, 0.1) is 0 Å². The quantitative estimate of drug-likeness (QED) is 0.886. The maximum absolute atomic E-state index is 12.5. The van der Waals surface area contributed by atoms with Crippen LogP contribution < -0.4 is 5.32 Å². The Labute approximate surface area is 154 Å². The molecule has 1 aromatic rings. The molecule has 2 fully saturated rings. The van der Waals surface area contributed by atoms with E-state index in [2.05, 4.69) is 5.32 Å². The van der Waals surface area contributed by atoms with Crippen LogP contribution in [0.1, 0.15) is 51.0 Å². The van der Waals surface area contributed by atoms with Crippen molar-refractivity contribution in [1.29, 1.82) is 0 Å². The third-order valence-electron chi connectivity index (χ3n) is 5.22. The van der Waals surface area contributed by atoms with Crippen LogP contribution in [0.15, 0.2) is 30.3 Å². The molecule has 2 aliphatic rings. The number of alkyl carbamates (subject to hydrolysis) is 1. The van der Waals surface area contributed by atoms with Crippen LogP contribution in [0.25, 0.3) is 0 Å². The molecule has 6 nitrogen and oxygen atoms in total. The Kier molecular flexibility index (Phi) is 6.36. The average molecular weight is 360 g/mol. The van der Waals surface area contributed by atoms with Gasteiger partial charge in [0.15, 0.2) is 0 Å². The number of nitrogens with one attached hydrogen (secondary N) is 1. The first-order valence-electron chi connectivity index (χ1n) is 9.56. The van der Waals surface area contributed by atoms with Gasteiger partial charge in [-0.1, -0.05) is 30.3 Å². The number of likely N-dealkylation sites (tertiary alicyclic amines) is 1. The van der Waals surface area contributed by atoms with Crippen molar-refractivity contribution in [3.8, 4) is 0 Å². The van der Waals surface area contributed by atoms with Gasteiger partial charge < -0.3 is 19.7 Å². The van der Waals surface area contributed by atoms with E-state index in [-0.39, 0.29) is 37.0 Å². The van der Waals surface area contributed by atoms with Crippen molar-refractivity contribution in [2.24, 2.45) is 0 Å². The van der Waals surface area contributed by atoms with Crippen LogP contribution in [0.4, 0.5) is 9.59 Å². The van der Waals surface area contributed by atoms with Crippen molar-refractivity contribution in [1.82, 2.24) is 10.2 Å². The molecule has 2 atom stereocenters. The van der Waals surface area contributed by atoms with Gasteiger partial charge in [-0.15, -0.1) is 0 Å². The van der Waals surface area contributed by atoms with Crippen molar-refractivity contribution in [2.45, 2.75) is 70.2 Å². The Hall–Kier alpha value is -2.24. The van der Waals surface area contributed by atoms with Crippen molar-refractivity contribution < 1.29 is 19.1 Å². The van der Waals surface area contributed by atoms with Gasteiger partial charge in [-0.2, -0.15) is 0 Å². The molecule has 1 heterocycles. The van der Waals surface area contributed by atoms with Gasteiger partial charge in [-0.25, -0.2) is 9.59 Å². The normalized spacial score (nSPS) is 23.5. The minimum Gasteiger partial charge on any atom is -0.446 e. The molecule has 0 aromatic heterocycles. The number of carbonyl (C=O) groups is 2. The van der Waals surface area contributed by atoms with E-state index in [1.54, 1.807) is 4.90 Å². The zero-order chi connectivity index (χ0) is 18.4. The van der Waals surface area contributed by atoms with Crippen molar-refractivity contribution >= 4 is 12.2 Å². The maximum atomic E-state index is 12.5. The second-order valence-electron chi connectivity index (χ2n) is 7.27. The Bertz CT molecular complexity index is 601. The second kappa shape index (κ2) is 8.92. The van der Waals surface area contributed by atoms with Crippen molar-refractivity contribution in [3.05, 3.63) is 35.9 Å². The molecule has 0 radical (unpaired) electrons. The van der Waals surface area contributed by atoms with Crippen LogP contribution in [0.2, 0.25) is 0 Å². The van der Waals surface area contributed by atoms with Gasteiger partial charge in [0.2, 0.25) is 0 Å². The molecule has 1 aromatic carbocycles. The average Bonchev–Trinajstić information content (AvgIpc) is 3.15. The number of nitrogens with zero attached hydrogens (tertiary/aromatic N) is 1. The highest BCUT2D eigenvalue weighted by Gasteiger charge is 2.31. The monoisotopic (exact) mass is 360 g/mol. The molecular weight excluding hydrogens is 332 g/mol. The third kappa shape index (κ3) is 5.13. The molecular formula is C20H28N2O4. The summed E-state index contributed by atoms with van der Waals surface area (Å²) in [5.74, 6) is 0. The van der Waals surface area contributed by atoms with Crippen LogP contribution in [0, 0.1) is 0 Å². The summed E-state index contributed by atoms with van der Waals surface area (Å²) in [6.45, 7) is 2.72. The van der Waals surface area contributed by atoms with Gasteiger partial charge in [-0.05, 0) is 51.0 Å². The number of ether oxygens (including phenoxy) is 2. The summed E-state index contributed by atoms with van der Waals surface area (Å²) in [7, 11) is 0. The van der Waals surface area contributed by atoms with E-state index in [1.165, 1.54) is 0 Å². The Morgan fingerprint density at radius 3 is 2.58 bits per heavy atom. The Balaban J connectivity index is 1.47. The molecule has 1 aliphatic carbocycles. The number of benzene rings is 1. The summed E-state index contributed by atoms with van der Waals surface area (Å²) in [6, 6.07) is 9.63. The first kappa shape index (κ1) is 18.5. The first-order chi connectivity index (χ1) is 12.6. The fraction of sp³-hybridized carbons (Fsp3) is 0.600. The highest BCUT2D eigenvalue weighted by molar-refractivity contribution is 5.70. The van der Waals surface area contributed by atoms with E-state index in [1.807, 2.05) is 37.3 Å². The lowest BCUT2D eigenvalue weighted by Gasteiger charge is -2.37. The SMILES string of the molecule is CC1CCC(NC(=O)OC2CCCC2)CN1C(=O)OCc1ccccc1. The van der Waals surface area contributed by atoms with Gasteiger partial charge in [-0.3, -0.25) is 0 Å². The first-order valence-corrected chi connectivity index (χ1v) is 9.56. The number of hydrogen-bond acceptors (Lipinski definition) is 4.